The van der Waals surface area contributed by atoms with E-state index in [9.17, 15) is 9.18 Å². The minimum absolute atomic E-state index is 0.265. The van der Waals surface area contributed by atoms with Gasteiger partial charge in [0.15, 0.2) is 5.13 Å². The van der Waals surface area contributed by atoms with Crippen molar-refractivity contribution in [2.75, 3.05) is 11.9 Å². The van der Waals surface area contributed by atoms with E-state index in [1.165, 1.54) is 34.4 Å². The Balaban J connectivity index is 2.26. The predicted octanol–water partition coefficient (Wildman–Crippen LogP) is 2.87. The number of hydrogen-bond acceptors (Lipinski definition) is 3. The summed E-state index contributed by atoms with van der Waals surface area (Å²) in [5, 5.41) is 2.47. The van der Waals surface area contributed by atoms with E-state index >= 15 is 0 Å². The highest BCUT2D eigenvalue weighted by molar-refractivity contribution is 7.14. The monoisotopic (exact) mass is 250 g/mol. The lowest BCUT2D eigenvalue weighted by atomic mass is 10.2. The molecule has 2 rings (SSSR count). The van der Waals surface area contributed by atoms with E-state index in [1.807, 2.05) is 12.3 Å². The SMILES string of the molecule is Cc1csc(N(C)C(=O)c2cccc(F)c2)n1. The number of amides is 1. The van der Waals surface area contributed by atoms with Gasteiger partial charge in [-0.2, -0.15) is 0 Å². The van der Waals surface area contributed by atoms with Crippen molar-refractivity contribution in [1.29, 1.82) is 0 Å². The number of aryl methyl sites for hydroxylation is 1. The first-order chi connectivity index (χ1) is 8.08. The van der Waals surface area contributed by atoms with Crippen LogP contribution in [0.1, 0.15) is 16.1 Å². The van der Waals surface area contributed by atoms with Crippen molar-refractivity contribution in [2.24, 2.45) is 0 Å². The zero-order valence-corrected chi connectivity index (χ0v) is 10.3. The number of benzene rings is 1. The lowest BCUT2D eigenvalue weighted by molar-refractivity contribution is 0.0992. The maximum Gasteiger partial charge on any atom is 0.259 e. The Morgan fingerprint density at radius 2 is 2.24 bits per heavy atom. The van der Waals surface area contributed by atoms with Crippen LogP contribution in [0.3, 0.4) is 0 Å². The van der Waals surface area contributed by atoms with Crippen LogP contribution >= 0.6 is 11.3 Å². The normalized spacial score (nSPS) is 10.3. The molecule has 1 aromatic heterocycles. The molecule has 0 bridgehead atoms. The van der Waals surface area contributed by atoms with E-state index in [1.54, 1.807) is 13.1 Å². The van der Waals surface area contributed by atoms with Crippen LogP contribution in [0.25, 0.3) is 0 Å². The third kappa shape index (κ3) is 2.50. The van der Waals surface area contributed by atoms with Crippen molar-refractivity contribution in [3.8, 4) is 0 Å². The second-order valence-corrected chi connectivity index (χ2v) is 4.48. The Bertz CT molecular complexity index is 553. The zero-order valence-electron chi connectivity index (χ0n) is 9.48. The first-order valence-corrected chi connectivity index (χ1v) is 5.91. The number of anilines is 1. The molecule has 0 unspecified atom stereocenters. The van der Waals surface area contributed by atoms with Crippen molar-refractivity contribution in [1.82, 2.24) is 4.98 Å². The van der Waals surface area contributed by atoms with Crippen molar-refractivity contribution in [3.63, 3.8) is 0 Å². The number of halogens is 1. The van der Waals surface area contributed by atoms with Gasteiger partial charge in [0, 0.05) is 18.0 Å². The number of nitrogens with zero attached hydrogens (tertiary/aromatic N) is 2. The number of carbonyl (C=O) groups is 1. The number of rotatable bonds is 2. The van der Waals surface area contributed by atoms with Gasteiger partial charge in [0.05, 0.1) is 5.69 Å². The average Bonchev–Trinajstić information content (AvgIpc) is 2.74. The van der Waals surface area contributed by atoms with Crippen LogP contribution in [-0.2, 0) is 0 Å². The third-order valence-corrected chi connectivity index (χ3v) is 3.30. The molecule has 0 aliphatic heterocycles. The van der Waals surface area contributed by atoms with Gasteiger partial charge in [-0.3, -0.25) is 9.69 Å². The van der Waals surface area contributed by atoms with E-state index in [-0.39, 0.29) is 5.91 Å². The van der Waals surface area contributed by atoms with E-state index in [0.29, 0.717) is 10.7 Å². The fourth-order valence-electron chi connectivity index (χ4n) is 1.40. The smallest absolute Gasteiger partial charge is 0.259 e. The van der Waals surface area contributed by atoms with E-state index < -0.39 is 5.82 Å². The highest BCUT2D eigenvalue weighted by Crippen LogP contribution is 2.20. The molecule has 0 saturated carbocycles. The Morgan fingerprint density at radius 3 is 2.82 bits per heavy atom. The second-order valence-electron chi connectivity index (χ2n) is 3.65. The molecule has 0 N–H and O–H groups in total. The lowest BCUT2D eigenvalue weighted by Gasteiger charge is -2.13. The molecule has 0 spiro atoms. The summed E-state index contributed by atoms with van der Waals surface area (Å²) in [6, 6.07) is 5.63. The minimum atomic E-state index is -0.417. The molecule has 17 heavy (non-hydrogen) atoms. The van der Waals surface area contributed by atoms with Crippen LogP contribution in [-0.4, -0.2) is 17.9 Å². The van der Waals surface area contributed by atoms with Crippen molar-refractivity contribution in [3.05, 3.63) is 46.7 Å². The maximum absolute atomic E-state index is 13.0. The van der Waals surface area contributed by atoms with E-state index in [4.69, 9.17) is 0 Å². The lowest BCUT2D eigenvalue weighted by Crippen LogP contribution is -2.26. The first-order valence-electron chi connectivity index (χ1n) is 5.03. The largest absolute Gasteiger partial charge is 0.287 e. The molecule has 0 atom stereocenters. The Kier molecular flexibility index (Phi) is 3.19. The summed E-state index contributed by atoms with van der Waals surface area (Å²) in [6.45, 7) is 1.86. The molecule has 0 aliphatic carbocycles. The molecule has 0 fully saturated rings. The number of thiazole rings is 1. The van der Waals surface area contributed by atoms with E-state index in [0.717, 1.165) is 5.69 Å². The first kappa shape index (κ1) is 11.7. The summed E-state index contributed by atoms with van der Waals surface area (Å²) in [5.74, 6) is -0.682. The third-order valence-electron chi connectivity index (χ3n) is 2.27. The van der Waals surface area contributed by atoms with Gasteiger partial charge in [0.2, 0.25) is 0 Å². The van der Waals surface area contributed by atoms with Crippen molar-refractivity contribution in [2.45, 2.75) is 6.92 Å². The summed E-state index contributed by atoms with van der Waals surface area (Å²) < 4.78 is 13.0. The molecular weight excluding hydrogens is 239 g/mol. The highest BCUT2D eigenvalue weighted by Gasteiger charge is 2.16. The van der Waals surface area contributed by atoms with Gasteiger partial charge in [0.1, 0.15) is 5.82 Å². The molecule has 1 heterocycles. The van der Waals surface area contributed by atoms with Gasteiger partial charge in [-0.15, -0.1) is 11.3 Å². The zero-order chi connectivity index (χ0) is 12.4. The van der Waals surface area contributed by atoms with Gasteiger partial charge in [-0.05, 0) is 25.1 Å². The number of hydrogen-bond donors (Lipinski definition) is 0. The van der Waals surface area contributed by atoms with Crippen LogP contribution in [0.4, 0.5) is 9.52 Å². The molecule has 0 saturated heterocycles. The molecular formula is C12H11FN2OS. The van der Waals surface area contributed by atoms with Crippen LogP contribution in [0.5, 0.6) is 0 Å². The summed E-state index contributed by atoms with van der Waals surface area (Å²) in [5.41, 5.74) is 1.18. The molecule has 0 aliphatic rings. The Hall–Kier alpha value is -1.75. The number of carbonyl (C=O) groups excluding carboxylic acids is 1. The quantitative estimate of drug-likeness (QED) is 0.821. The predicted molar refractivity (Wildman–Crippen MR) is 66.0 cm³/mol. The van der Waals surface area contributed by atoms with Crippen LogP contribution in [0.15, 0.2) is 29.6 Å². The summed E-state index contributed by atoms with van der Waals surface area (Å²) in [4.78, 5) is 17.7. The standard InChI is InChI=1S/C12H11FN2OS/c1-8-7-17-12(14-8)15(2)11(16)9-4-3-5-10(13)6-9/h3-7H,1-2H3. The van der Waals surface area contributed by atoms with Crippen LogP contribution in [0, 0.1) is 12.7 Å². The molecule has 2 aromatic rings. The second kappa shape index (κ2) is 4.63. The fraction of sp³-hybridized carbons (Fsp3) is 0.167. The average molecular weight is 250 g/mol. The fourth-order valence-corrected chi connectivity index (χ4v) is 2.16. The number of aromatic nitrogens is 1. The molecule has 1 aromatic carbocycles. The summed E-state index contributed by atoms with van der Waals surface area (Å²) in [6.07, 6.45) is 0. The van der Waals surface area contributed by atoms with Gasteiger partial charge < -0.3 is 0 Å². The molecule has 0 radical (unpaired) electrons. The van der Waals surface area contributed by atoms with Gasteiger partial charge in [-0.1, -0.05) is 6.07 Å². The molecule has 1 amide bonds. The Morgan fingerprint density at radius 1 is 1.47 bits per heavy atom. The van der Waals surface area contributed by atoms with Crippen molar-refractivity contribution < 1.29 is 9.18 Å². The van der Waals surface area contributed by atoms with Crippen LogP contribution in [0.2, 0.25) is 0 Å². The van der Waals surface area contributed by atoms with Crippen LogP contribution < -0.4 is 4.90 Å². The summed E-state index contributed by atoms with van der Waals surface area (Å²) >= 11 is 1.39. The highest BCUT2D eigenvalue weighted by atomic mass is 32.1. The Labute approximate surface area is 103 Å². The maximum atomic E-state index is 13.0. The van der Waals surface area contributed by atoms with Gasteiger partial charge >= 0.3 is 0 Å². The topological polar surface area (TPSA) is 33.2 Å². The van der Waals surface area contributed by atoms with Gasteiger partial charge in [0.25, 0.3) is 5.91 Å². The van der Waals surface area contributed by atoms with Crippen molar-refractivity contribution >= 4 is 22.4 Å². The molecule has 3 nitrogen and oxygen atoms in total. The van der Waals surface area contributed by atoms with Gasteiger partial charge in [-0.25, -0.2) is 9.37 Å². The van der Waals surface area contributed by atoms with E-state index in [2.05, 4.69) is 4.98 Å². The minimum Gasteiger partial charge on any atom is -0.287 e. The molecule has 88 valence electrons. The summed E-state index contributed by atoms with van der Waals surface area (Å²) in [7, 11) is 1.63. The molecule has 5 heteroatoms.